The minimum absolute atomic E-state index is 0.190. The van der Waals surface area contributed by atoms with E-state index >= 15 is 0 Å². The average molecular weight is 816 g/mol. The van der Waals surface area contributed by atoms with Gasteiger partial charge in [-0.25, -0.2) is 4.98 Å². The third-order valence-corrected chi connectivity index (χ3v) is 14.0. The van der Waals surface area contributed by atoms with E-state index in [1.807, 2.05) is 0 Å². The first-order valence-electron chi connectivity index (χ1n) is 22.4. The Morgan fingerprint density at radius 2 is 0.734 bits per heavy atom. The van der Waals surface area contributed by atoms with Crippen LogP contribution in [-0.4, -0.2) is 4.98 Å². The highest BCUT2D eigenvalue weighted by Gasteiger charge is 2.53. The molecule has 0 fully saturated rings. The van der Waals surface area contributed by atoms with E-state index in [0.717, 1.165) is 28.1 Å². The Hall–Kier alpha value is -7.87. The maximum absolute atomic E-state index is 5.32. The maximum Gasteiger partial charge on any atom is 0.0719 e. The zero-order chi connectivity index (χ0) is 42.8. The fourth-order valence-electron chi connectivity index (χ4n) is 11.0. The molecule has 0 amide bonds. The van der Waals surface area contributed by atoms with Gasteiger partial charge in [0.05, 0.1) is 16.8 Å². The van der Waals surface area contributed by atoms with Crippen LogP contribution in [0.1, 0.15) is 47.2 Å². The molecular formula is C63H45N. The van der Waals surface area contributed by atoms with E-state index in [1.165, 1.54) is 83.5 Å². The van der Waals surface area contributed by atoms with Gasteiger partial charge in [-0.3, -0.25) is 0 Å². The third kappa shape index (κ3) is 5.81. The molecule has 12 rings (SSSR count). The number of rotatable bonds is 6. The molecule has 1 aromatic heterocycles. The summed E-state index contributed by atoms with van der Waals surface area (Å²) in [5, 5.41) is 0. The summed E-state index contributed by atoms with van der Waals surface area (Å²) < 4.78 is 0. The molecule has 10 aromatic rings. The maximum atomic E-state index is 5.32. The molecule has 0 radical (unpaired) electrons. The molecule has 0 N–H and O–H groups in total. The van der Waals surface area contributed by atoms with Gasteiger partial charge in [0.2, 0.25) is 0 Å². The molecule has 1 nitrogen and oxygen atoms in total. The standard InChI is InChI=1S/C63H45N/c1-62(2)54-29-15-17-31-56(54)63(57-32-18-16-30-55(57)62)53-37-35-47(49-36-34-46(42-20-7-3-8-21-42)38-51(49)43-22-9-4-10-23-43)39-52(53)61-50(28-19-33-58(61)63)48-40-59(44-24-11-5-12-25-44)64-60(41-48)45-26-13-6-14-27-45/h3-41H,1-2H3. The summed E-state index contributed by atoms with van der Waals surface area (Å²) in [7, 11) is 0. The number of pyridine rings is 1. The molecule has 64 heavy (non-hydrogen) atoms. The van der Waals surface area contributed by atoms with Crippen LogP contribution < -0.4 is 0 Å². The predicted molar refractivity (Wildman–Crippen MR) is 266 cm³/mol. The van der Waals surface area contributed by atoms with Crippen LogP contribution in [0.4, 0.5) is 0 Å². The Kier molecular flexibility index (Phi) is 8.81. The Balaban J connectivity index is 1.17. The lowest BCUT2D eigenvalue weighted by atomic mass is 9.55. The molecule has 302 valence electrons. The minimum Gasteiger partial charge on any atom is -0.248 e. The first kappa shape index (κ1) is 37.9. The van der Waals surface area contributed by atoms with Crippen molar-refractivity contribution < 1.29 is 0 Å². The number of nitrogens with zero attached hydrogens (tertiary/aromatic N) is 1. The van der Waals surface area contributed by atoms with Crippen molar-refractivity contribution in [3.63, 3.8) is 0 Å². The molecule has 0 unspecified atom stereocenters. The number of benzene rings is 9. The van der Waals surface area contributed by atoms with Gasteiger partial charge in [-0.2, -0.15) is 0 Å². The van der Waals surface area contributed by atoms with Crippen LogP contribution in [0.3, 0.4) is 0 Å². The Morgan fingerprint density at radius 3 is 1.31 bits per heavy atom. The van der Waals surface area contributed by atoms with Crippen LogP contribution in [0.25, 0.3) is 78.1 Å². The number of hydrogen-bond donors (Lipinski definition) is 0. The van der Waals surface area contributed by atoms with Crippen molar-refractivity contribution in [2.24, 2.45) is 0 Å². The highest BCUT2D eigenvalue weighted by Crippen LogP contribution is 2.64. The van der Waals surface area contributed by atoms with Crippen LogP contribution in [0.5, 0.6) is 0 Å². The largest absolute Gasteiger partial charge is 0.248 e. The molecule has 0 bridgehead atoms. The van der Waals surface area contributed by atoms with Crippen LogP contribution in [-0.2, 0) is 10.8 Å². The van der Waals surface area contributed by atoms with E-state index in [2.05, 4.69) is 250 Å². The van der Waals surface area contributed by atoms with Crippen molar-refractivity contribution in [2.75, 3.05) is 0 Å². The van der Waals surface area contributed by atoms with Gasteiger partial charge in [-0.1, -0.05) is 226 Å². The molecular weight excluding hydrogens is 771 g/mol. The van der Waals surface area contributed by atoms with Crippen molar-refractivity contribution in [2.45, 2.75) is 24.7 Å². The van der Waals surface area contributed by atoms with Crippen molar-refractivity contribution in [1.29, 1.82) is 0 Å². The zero-order valence-electron chi connectivity index (χ0n) is 36.0. The summed E-state index contributed by atoms with van der Waals surface area (Å²) in [6, 6.07) is 87.2. The van der Waals surface area contributed by atoms with Gasteiger partial charge in [0, 0.05) is 16.5 Å². The van der Waals surface area contributed by atoms with Crippen LogP contribution in [0.2, 0.25) is 0 Å². The summed E-state index contributed by atoms with van der Waals surface area (Å²) >= 11 is 0. The van der Waals surface area contributed by atoms with Crippen LogP contribution in [0, 0.1) is 0 Å². The van der Waals surface area contributed by atoms with Gasteiger partial charge in [0.1, 0.15) is 0 Å². The second-order valence-corrected chi connectivity index (χ2v) is 17.8. The monoisotopic (exact) mass is 815 g/mol. The molecule has 0 atom stereocenters. The smallest absolute Gasteiger partial charge is 0.0719 e. The van der Waals surface area contributed by atoms with Crippen LogP contribution >= 0.6 is 0 Å². The van der Waals surface area contributed by atoms with Gasteiger partial charge in [-0.05, 0) is 113 Å². The molecule has 1 heteroatoms. The minimum atomic E-state index is -0.543. The van der Waals surface area contributed by atoms with Crippen molar-refractivity contribution in [3.05, 3.63) is 270 Å². The topological polar surface area (TPSA) is 12.9 Å². The fraction of sp³-hybridized carbons (Fsp3) is 0.0635. The Labute approximate surface area is 376 Å². The van der Waals surface area contributed by atoms with E-state index < -0.39 is 5.41 Å². The van der Waals surface area contributed by atoms with E-state index in [9.17, 15) is 0 Å². The second-order valence-electron chi connectivity index (χ2n) is 17.8. The SMILES string of the molecule is CC1(C)c2ccccc2C2(c3ccc(-c4ccc(-c5ccccc5)cc4-c4ccccc4)cc3-c3c(-c4cc(-c5ccccc5)nc(-c5ccccc5)c4)cccc32)c2ccccc21. The first-order chi connectivity index (χ1) is 31.5. The van der Waals surface area contributed by atoms with Crippen molar-refractivity contribution in [1.82, 2.24) is 4.98 Å². The van der Waals surface area contributed by atoms with Gasteiger partial charge in [0.15, 0.2) is 0 Å². The third-order valence-electron chi connectivity index (χ3n) is 14.0. The summed E-state index contributed by atoms with van der Waals surface area (Å²) in [6.07, 6.45) is 0. The Bertz CT molecular complexity index is 3280. The summed E-state index contributed by atoms with van der Waals surface area (Å²) in [6.45, 7) is 4.79. The second kappa shape index (κ2) is 14.9. The zero-order valence-corrected chi connectivity index (χ0v) is 36.0. The molecule has 2 aliphatic rings. The highest BCUT2D eigenvalue weighted by molar-refractivity contribution is 5.99. The first-order valence-corrected chi connectivity index (χ1v) is 22.4. The fourth-order valence-corrected chi connectivity index (χ4v) is 11.0. The van der Waals surface area contributed by atoms with Gasteiger partial charge in [0.25, 0.3) is 0 Å². The number of aromatic nitrogens is 1. The lowest BCUT2D eigenvalue weighted by Gasteiger charge is -2.46. The normalized spacial score (nSPS) is 13.7. The van der Waals surface area contributed by atoms with E-state index in [4.69, 9.17) is 4.98 Å². The van der Waals surface area contributed by atoms with Gasteiger partial charge in [-0.15, -0.1) is 0 Å². The van der Waals surface area contributed by atoms with E-state index in [-0.39, 0.29) is 5.41 Å². The number of hydrogen-bond acceptors (Lipinski definition) is 1. The molecule has 1 spiro atoms. The Morgan fingerprint density at radius 1 is 0.266 bits per heavy atom. The van der Waals surface area contributed by atoms with Crippen LogP contribution in [0.15, 0.2) is 237 Å². The van der Waals surface area contributed by atoms with E-state index in [1.54, 1.807) is 0 Å². The summed E-state index contributed by atoms with van der Waals surface area (Å²) in [4.78, 5) is 5.32. The molecule has 0 saturated heterocycles. The lowest BCUT2D eigenvalue weighted by Crippen LogP contribution is -2.40. The molecule has 0 aliphatic heterocycles. The van der Waals surface area contributed by atoms with Gasteiger partial charge < -0.3 is 0 Å². The quantitative estimate of drug-likeness (QED) is 0.163. The summed E-state index contributed by atoms with van der Waals surface area (Å²) in [5.41, 5.74) is 23.5. The number of fused-ring (bicyclic) bond motifs is 9. The van der Waals surface area contributed by atoms with E-state index in [0.29, 0.717) is 0 Å². The predicted octanol–water partition coefficient (Wildman–Crippen LogP) is 16.1. The van der Waals surface area contributed by atoms with Crippen molar-refractivity contribution in [3.8, 4) is 78.1 Å². The molecule has 1 heterocycles. The summed E-state index contributed by atoms with van der Waals surface area (Å²) in [5.74, 6) is 0. The van der Waals surface area contributed by atoms with Crippen molar-refractivity contribution >= 4 is 0 Å². The molecule has 0 saturated carbocycles. The molecule has 9 aromatic carbocycles. The average Bonchev–Trinajstić information content (AvgIpc) is 3.67. The van der Waals surface area contributed by atoms with Gasteiger partial charge >= 0.3 is 0 Å². The lowest BCUT2D eigenvalue weighted by molar-refractivity contribution is 0.563. The highest BCUT2D eigenvalue weighted by atomic mass is 14.7. The molecule has 2 aliphatic carbocycles.